The third-order valence-electron chi connectivity index (χ3n) is 14.3. The Labute approximate surface area is 374 Å². The van der Waals surface area contributed by atoms with Crippen molar-refractivity contribution in [1.82, 2.24) is 15.2 Å². The Balaban J connectivity index is 1.34. The van der Waals surface area contributed by atoms with E-state index in [0.29, 0.717) is 0 Å². The van der Waals surface area contributed by atoms with Crippen molar-refractivity contribution in [2.75, 3.05) is 7.05 Å². The summed E-state index contributed by atoms with van der Waals surface area (Å²) in [6.07, 6.45) is 3.82. The number of fused-ring (bicyclic) bond motifs is 7. The zero-order chi connectivity index (χ0) is 44.6. The van der Waals surface area contributed by atoms with Gasteiger partial charge in [0.25, 0.3) is 5.54 Å². The number of benzene rings is 5. The van der Waals surface area contributed by atoms with Crippen molar-refractivity contribution in [2.24, 2.45) is 0 Å². The summed E-state index contributed by atoms with van der Waals surface area (Å²) in [5.41, 5.74) is 18.1. The highest BCUT2D eigenvalue weighted by atomic mass is 15.3. The normalized spacial score (nSPS) is 15.9. The molecule has 0 atom stereocenters. The first-order chi connectivity index (χ1) is 29.7. The lowest BCUT2D eigenvalue weighted by Gasteiger charge is -2.34. The monoisotopic (exact) mass is 827 g/mol. The van der Waals surface area contributed by atoms with Gasteiger partial charge in [0, 0.05) is 35.2 Å². The Hall–Kier alpha value is -6.16. The molecular formula is C58H61N5+2. The number of hydrogen-bond acceptors (Lipinski definition) is 2. The average Bonchev–Trinajstić information content (AvgIpc) is 4.01. The van der Waals surface area contributed by atoms with Crippen molar-refractivity contribution in [3.05, 3.63) is 189 Å². The van der Waals surface area contributed by atoms with Crippen molar-refractivity contribution in [3.8, 4) is 22.3 Å². The molecule has 0 saturated heterocycles. The predicted octanol–water partition coefficient (Wildman–Crippen LogP) is 13.4. The number of H-pyrrole nitrogens is 1. The topological polar surface area (TPSA) is 47.6 Å². The first-order valence-corrected chi connectivity index (χ1v) is 22.6. The maximum Gasteiger partial charge on any atom is 0.492 e. The van der Waals surface area contributed by atoms with Crippen LogP contribution in [-0.4, -0.2) is 37.4 Å². The second-order valence-electron chi connectivity index (χ2n) is 22.4. The number of rotatable bonds is 4. The Morgan fingerprint density at radius 2 is 0.952 bits per heavy atom. The van der Waals surface area contributed by atoms with E-state index in [9.17, 15) is 0 Å². The third-order valence-corrected chi connectivity index (χ3v) is 14.3. The number of aromatic amines is 1. The molecule has 1 N–H and O–H groups in total. The highest BCUT2D eigenvalue weighted by Gasteiger charge is 2.60. The van der Waals surface area contributed by atoms with Crippen molar-refractivity contribution >= 4 is 17.5 Å². The van der Waals surface area contributed by atoms with E-state index in [1.165, 1.54) is 72.3 Å². The Kier molecular flexibility index (Phi) is 8.71. The zero-order valence-electron chi connectivity index (χ0n) is 39.4. The molecule has 3 heterocycles. The van der Waals surface area contributed by atoms with Crippen LogP contribution in [0.4, 0.5) is 11.5 Å². The number of nitrogens with one attached hydrogen (secondary N) is 1. The van der Waals surface area contributed by atoms with Gasteiger partial charge in [-0.2, -0.15) is 10.1 Å². The first-order valence-electron chi connectivity index (χ1n) is 22.6. The Bertz CT molecular complexity index is 2960. The summed E-state index contributed by atoms with van der Waals surface area (Å²) >= 11 is 0. The number of hydrogen-bond donors (Lipinski definition) is 1. The molecule has 1 aliphatic heterocycles. The molecule has 10 rings (SSSR count). The van der Waals surface area contributed by atoms with E-state index in [2.05, 4.69) is 225 Å². The van der Waals surface area contributed by atoms with Crippen LogP contribution in [0.25, 0.3) is 22.3 Å². The van der Waals surface area contributed by atoms with E-state index in [1.807, 2.05) is 18.5 Å². The number of nitrogens with zero attached hydrogens (tertiary/aromatic N) is 4. The molecule has 5 nitrogen and oxygen atoms in total. The standard InChI is InChI=1S/C58H61N5/c1-53(2,3)36-19-23-46-42(31-36)43-32-37(54(4,5)6)20-24-47(43)57(46,51-27-29-60-61-51)40-16-14-17-41(30-40)58(63-35-62(13)50-18-15-28-59-52(50)63)48-25-21-38(55(7,8)9)33-44(48)45-34-39(56(10,11)12)22-26-49(45)58/h14-34H,1-13H3,(H,60,61)/q+2. The molecule has 5 heteroatoms. The van der Waals surface area contributed by atoms with Crippen molar-refractivity contribution in [1.29, 1.82) is 0 Å². The van der Waals surface area contributed by atoms with Gasteiger partial charge in [-0.15, -0.1) is 0 Å². The van der Waals surface area contributed by atoms with E-state index in [4.69, 9.17) is 4.98 Å². The van der Waals surface area contributed by atoms with Crippen LogP contribution in [0.5, 0.6) is 0 Å². The molecule has 2 aliphatic carbocycles. The van der Waals surface area contributed by atoms with E-state index in [-0.39, 0.29) is 21.7 Å². The van der Waals surface area contributed by atoms with Gasteiger partial charge in [-0.1, -0.05) is 183 Å². The van der Waals surface area contributed by atoms with Crippen LogP contribution in [0, 0.1) is 0 Å². The molecule has 5 aromatic carbocycles. The summed E-state index contributed by atoms with van der Waals surface area (Å²) in [5.74, 6) is 0.883. The zero-order valence-corrected chi connectivity index (χ0v) is 39.4. The fraction of sp³-hybridized carbons (Fsp3) is 0.328. The molecule has 63 heavy (non-hydrogen) atoms. The Morgan fingerprint density at radius 3 is 1.41 bits per heavy atom. The molecule has 0 radical (unpaired) electrons. The molecule has 0 saturated carbocycles. The summed E-state index contributed by atoms with van der Waals surface area (Å²) in [6.45, 7) is 27.7. The van der Waals surface area contributed by atoms with Gasteiger partial charge < -0.3 is 0 Å². The maximum absolute atomic E-state index is 5.14. The summed E-state index contributed by atoms with van der Waals surface area (Å²) < 4.78 is 4.44. The van der Waals surface area contributed by atoms with Gasteiger partial charge in [0.15, 0.2) is 7.05 Å². The molecule has 0 amide bonds. The highest BCUT2D eigenvalue weighted by molar-refractivity contribution is 5.88. The van der Waals surface area contributed by atoms with Gasteiger partial charge in [0.05, 0.1) is 11.1 Å². The summed E-state index contributed by atoms with van der Waals surface area (Å²) in [6, 6.07) is 48.5. The average molecular weight is 828 g/mol. The van der Waals surface area contributed by atoms with E-state index in [0.717, 1.165) is 22.8 Å². The fourth-order valence-electron chi connectivity index (χ4n) is 10.7. The van der Waals surface area contributed by atoms with E-state index >= 15 is 0 Å². The molecule has 2 aromatic heterocycles. The minimum absolute atomic E-state index is 0.0223. The molecule has 3 aliphatic rings. The summed E-state index contributed by atoms with van der Waals surface area (Å²) in [5, 5.41) is 8.21. The lowest BCUT2D eigenvalue weighted by molar-refractivity contribution is -0.520. The van der Waals surface area contributed by atoms with Gasteiger partial charge in [-0.3, -0.25) is 5.10 Å². The van der Waals surface area contributed by atoms with Crippen LogP contribution in [0.3, 0.4) is 0 Å². The van der Waals surface area contributed by atoms with Crippen LogP contribution < -0.4 is 0 Å². The van der Waals surface area contributed by atoms with Gasteiger partial charge in [-0.25, -0.2) is 0 Å². The van der Waals surface area contributed by atoms with Crippen LogP contribution in [0.15, 0.2) is 128 Å². The SMILES string of the molecule is C[N+]1=C=[N+](C2(c3cccc(C4(c5ccn[nH]5)c5ccc(C(C)(C)C)cc5-c5cc(C(C)(C)C)ccc54)c3)c3ccc(C(C)(C)C)cc3-c3cc(C(C)(C)C)ccc32)c2ncccc21. The second kappa shape index (κ2) is 13.4. The molecule has 0 spiro atoms. The lowest BCUT2D eigenvalue weighted by Crippen LogP contribution is -2.38. The van der Waals surface area contributed by atoms with Crippen LogP contribution >= 0.6 is 0 Å². The molecule has 0 bridgehead atoms. The van der Waals surface area contributed by atoms with Gasteiger partial charge >= 0.3 is 17.5 Å². The third kappa shape index (κ3) is 5.89. The van der Waals surface area contributed by atoms with Crippen molar-refractivity contribution in [2.45, 2.75) is 116 Å². The Morgan fingerprint density at radius 1 is 0.492 bits per heavy atom. The summed E-state index contributed by atoms with van der Waals surface area (Å²) in [4.78, 5) is 5.14. The first kappa shape index (κ1) is 40.9. The number of aromatic nitrogens is 3. The van der Waals surface area contributed by atoms with E-state index < -0.39 is 11.0 Å². The van der Waals surface area contributed by atoms with Crippen molar-refractivity contribution in [3.63, 3.8) is 0 Å². The van der Waals surface area contributed by atoms with Gasteiger partial charge in [0.1, 0.15) is 0 Å². The van der Waals surface area contributed by atoms with Crippen LogP contribution in [0.2, 0.25) is 0 Å². The molecule has 316 valence electrons. The molecule has 7 aromatic rings. The maximum atomic E-state index is 5.14. The van der Waals surface area contributed by atoms with Crippen molar-refractivity contribution < 1.29 is 9.15 Å². The predicted molar refractivity (Wildman–Crippen MR) is 257 cm³/mol. The smallest absolute Gasteiger partial charge is 0.281 e. The number of pyridine rings is 1. The fourth-order valence-corrected chi connectivity index (χ4v) is 10.7. The largest absolute Gasteiger partial charge is 0.492 e. The second-order valence-corrected chi connectivity index (χ2v) is 22.4. The molecular weight excluding hydrogens is 767 g/mol. The molecule has 0 unspecified atom stereocenters. The van der Waals surface area contributed by atoms with Gasteiger partial charge in [0.2, 0.25) is 0 Å². The molecule has 0 fully saturated rings. The van der Waals surface area contributed by atoms with Crippen LogP contribution in [-0.2, 0) is 32.6 Å². The van der Waals surface area contributed by atoms with E-state index in [1.54, 1.807) is 0 Å². The minimum atomic E-state index is -0.826. The summed E-state index contributed by atoms with van der Waals surface area (Å²) in [7, 11) is 2.09. The van der Waals surface area contributed by atoms with Crippen LogP contribution in [0.1, 0.15) is 144 Å². The quantitative estimate of drug-likeness (QED) is 0.180. The lowest BCUT2D eigenvalue weighted by atomic mass is 9.68. The highest BCUT2D eigenvalue weighted by Crippen LogP contribution is 2.60. The minimum Gasteiger partial charge on any atom is -0.281 e. The van der Waals surface area contributed by atoms with Gasteiger partial charge in [-0.05, 0) is 101 Å².